The Morgan fingerprint density at radius 3 is 2.34 bits per heavy atom. The lowest BCUT2D eigenvalue weighted by atomic mass is 10.1. The molecule has 35 heavy (non-hydrogen) atoms. The largest absolute Gasteiger partial charge is 0.416 e. The number of piperidine rings is 1. The number of hydrogen-bond donors (Lipinski definition) is 1. The SMILES string of the molecule is CN1CCC(Nc2nc(-c3ccc(C(F)(F)F)cc3)nc3c2ccn3CCCN2CCCC2)CC1. The average Bonchev–Trinajstić information content (AvgIpc) is 3.51. The molecule has 0 spiro atoms. The van der Waals surface area contributed by atoms with Crippen molar-refractivity contribution in [2.24, 2.45) is 0 Å². The molecule has 2 aromatic heterocycles. The van der Waals surface area contributed by atoms with E-state index in [0.29, 0.717) is 17.4 Å². The van der Waals surface area contributed by atoms with Gasteiger partial charge in [0.25, 0.3) is 0 Å². The minimum Gasteiger partial charge on any atom is -0.367 e. The summed E-state index contributed by atoms with van der Waals surface area (Å²) >= 11 is 0. The van der Waals surface area contributed by atoms with Crippen molar-refractivity contribution < 1.29 is 13.2 Å². The topological polar surface area (TPSA) is 49.2 Å². The van der Waals surface area contributed by atoms with Crippen molar-refractivity contribution in [1.82, 2.24) is 24.3 Å². The van der Waals surface area contributed by atoms with Gasteiger partial charge >= 0.3 is 6.18 Å². The molecule has 0 amide bonds. The molecule has 188 valence electrons. The van der Waals surface area contributed by atoms with Crippen LogP contribution < -0.4 is 5.32 Å². The van der Waals surface area contributed by atoms with Gasteiger partial charge in [0.15, 0.2) is 5.82 Å². The Balaban J connectivity index is 1.44. The van der Waals surface area contributed by atoms with Crippen molar-refractivity contribution in [3.63, 3.8) is 0 Å². The first-order valence-corrected chi connectivity index (χ1v) is 12.6. The molecule has 2 saturated heterocycles. The molecule has 2 fully saturated rings. The average molecular weight is 487 g/mol. The third-order valence-electron chi connectivity index (χ3n) is 7.22. The van der Waals surface area contributed by atoms with E-state index >= 15 is 0 Å². The number of hydrogen-bond acceptors (Lipinski definition) is 5. The summed E-state index contributed by atoms with van der Waals surface area (Å²) in [6, 6.07) is 7.49. The van der Waals surface area contributed by atoms with Crippen LogP contribution in [0.2, 0.25) is 0 Å². The molecule has 6 nitrogen and oxygen atoms in total. The van der Waals surface area contributed by atoms with Gasteiger partial charge < -0.3 is 19.7 Å². The Morgan fingerprint density at radius 1 is 0.943 bits per heavy atom. The van der Waals surface area contributed by atoms with Gasteiger partial charge in [0.05, 0.1) is 10.9 Å². The summed E-state index contributed by atoms with van der Waals surface area (Å²) in [5.74, 6) is 1.21. The second kappa shape index (κ2) is 10.1. The summed E-state index contributed by atoms with van der Waals surface area (Å²) in [5.41, 5.74) is 0.736. The highest BCUT2D eigenvalue weighted by Crippen LogP contribution is 2.32. The molecule has 0 aliphatic carbocycles. The highest BCUT2D eigenvalue weighted by Gasteiger charge is 2.30. The van der Waals surface area contributed by atoms with E-state index in [2.05, 4.69) is 39.0 Å². The Morgan fingerprint density at radius 2 is 1.66 bits per heavy atom. The molecular formula is C26H33F3N6. The van der Waals surface area contributed by atoms with E-state index in [-0.39, 0.29) is 0 Å². The smallest absolute Gasteiger partial charge is 0.367 e. The number of alkyl halides is 3. The van der Waals surface area contributed by atoms with Gasteiger partial charge in [-0.3, -0.25) is 0 Å². The number of fused-ring (bicyclic) bond motifs is 1. The maximum atomic E-state index is 13.1. The lowest BCUT2D eigenvalue weighted by Gasteiger charge is -2.30. The lowest BCUT2D eigenvalue weighted by Crippen LogP contribution is -2.36. The molecule has 1 aromatic carbocycles. The van der Waals surface area contributed by atoms with E-state index < -0.39 is 11.7 Å². The number of halogens is 3. The van der Waals surface area contributed by atoms with Crippen molar-refractivity contribution in [3.05, 3.63) is 42.1 Å². The van der Waals surface area contributed by atoms with E-state index in [0.717, 1.165) is 74.4 Å². The molecule has 1 N–H and O–H groups in total. The number of likely N-dealkylation sites (tertiary alicyclic amines) is 2. The summed E-state index contributed by atoms with van der Waals surface area (Å²) in [6.45, 7) is 6.31. The fourth-order valence-corrected chi connectivity index (χ4v) is 5.11. The summed E-state index contributed by atoms with van der Waals surface area (Å²) < 4.78 is 41.4. The van der Waals surface area contributed by atoms with Crippen LogP contribution in [-0.2, 0) is 12.7 Å². The van der Waals surface area contributed by atoms with Gasteiger partial charge in [-0.25, -0.2) is 9.97 Å². The summed E-state index contributed by atoms with van der Waals surface area (Å²) in [4.78, 5) is 14.4. The molecule has 0 bridgehead atoms. The van der Waals surface area contributed by atoms with Crippen molar-refractivity contribution in [2.75, 3.05) is 45.1 Å². The van der Waals surface area contributed by atoms with Gasteiger partial charge in [0.1, 0.15) is 11.5 Å². The molecule has 5 rings (SSSR count). The highest BCUT2D eigenvalue weighted by molar-refractivity contribution is 5.89. The highest BCUT2D eigenvalue weighted by atomic mass is 19.4. The van der Waals surface area contributed by atoms with Crippen LogP contribution in [0.25, 0.3) is 22.4 Å². The van der Waals surface area contributed by atoms with Gasteiger partial charge in [-0.1, -0.05) is 12.1 Å². The first kappa shape index (κ1) is 24.1. The van der Waals surface area contributed by atoms with E-state index in [9.17, 15) is 13.2 Å². The van der Waals surface area contributed by atoms with Crippen LogP contribution >= 0.6 is 0 Å². The summed E-state index contributed by atoms with van der Waals surface area (Å²) in [7, 11) is 2.13. The molecule has 9 heteroatoms. The van der Waals surface area contributed by atoms with Crippen LogP contribution in [0.5, 0.6) is 0 Å². The van der Waals surface area contributed by atoms with Gasteiger partial charge in [-0.05, 0) is 90.1 Å². The van der Waals surface area contributed by atoms with Crippen LogP contribution in [0.1, 0.15) is 37.7 Å². The third kappa shape index (κ3) is 5.62. The standard InChI is InChI=1S/C26H33F3N6/c1-33-16-9-21(10-17-33)30-24-22-11-18-35(15-4-14-34-12-2-3-13-34)25(22)32-23(31-24)19-5-7-20(8-6-19)26(27,28)29/h5-8,11,18,21H,2-4,9-10,12-17H2,1H3,(H,30,31,32). The second-order valence-corrected chi connectivity index (χ2v) is 9.84. The van der Waals surface area contributed by atoms with Crippen LogP contribution in [-0.4, -0.2) is 70.1 Å². The number of nitrogens with one attached hydrogen (secondary N) is 1. The van der Waals surface area contributed by atoms with Gasteiger partial charge in [-0.15, -0.1) is 0 Å². The van der Waals surface area contributed by atoms with Gasteiger partial charge in [0, 0.05) is 24.3 Å². The summed E-state index contributed by atoms with van der Waals surface area (Å²) in [5, 5.41) is 4.58. The van der Waals surface area contributed by atoms with E-state index in [1.807, 2.05) is 0 Å². The normalized spacial score (nSPS) is 18.5. The zero-order valence-electron chi connectivity index (χ0n) is 20.2. The molecule has 2 aliphatic heterocycles. The van der Waals surface area contributed by atoms with Crippen LogP contribution in [0.3, 0.4) is 0 Å². The van der Waals surface area contributed by atoms with Gasteiger partial charge in [0.2, 0.25) is 0 Å². The summed E-state index contributed by atoms with van der Waals surface area (Å²) in [6.07, 6.45) is 3.32. The Labute approximate surface area is 204 Å². The first-order valence-electron chi connectivity index (χ1n) is 12.6. The monoisotopic (exact) mass is 486 g/mol. The number of rotatable bonds is 7. The second-order valence-electron chi connectivity index (χ2n) is 9.84. The van der Waals surface area contributed by atoms with Crippen molar-refractivity contribution >= 4 is 16.9 Å². The number of aromatic nitrogens is 3. The minimum absolute atomic E-state index is 0.309. The van der Waals surface area contributed by atoms with E-state index in [4.69, 9.17) is 9.97 Å². The molecular weight excluding hydrogens is 453 g/mol. The number of anilines is 1. The Hall–Kier alpha value is -2.65. The first-order chi connectivity index (χ1) is 16.9. The number of nitrogens with zero attached hydrogens (tertiary/aromatic N) is 5. The van der Waals surface area contributed by atoms with Crippen molar-refractivity contribution in [3.8, 4) is 11.4 Å². The van der Waals surface area contributed by atoms with Gasteiger partial charge in [-0.2, -0.15) is 13.2 Å². The predicted octanol–water partition coefficient (Wildman–Crippen LogP) is 5.11. The zero-order chi connectivity index (χ0) is 24.4. The molecule has 0 atom stereocenters. The fraction of sp³-hybridized carbons (Fsp3) is 0.538. The molecule has 3 aromatic rings. The minimum atomic E-state index is -4.37. The number of aryl methyl sites for hydroxylation is 1. The molecule has 0 unspecified atom stereocenters. The van der Waals surface area contributed by atoms with Crippen molar-refractivity contribution in [1.29, 1.82) is 0 Å². The maximum Gasteiger partial charge on any atom is 0.416 e. The lowest BCUT2D eigenvalue weighted by molar-refractivity contribution is -0.137. The Bertz CT molecular complexity index is 1130. The fourth-order valence-electron chi connectivity index (χ4n) is 5.11. The molecule has 0 radical (unpaired) electrons. The van der Waals surface area contributed by atoms with E-state index in [1.54, 1.807) is 0 Å². The van der Waals surface area contributed by atoms with Crippen LogP contribution in [0.4, 0.5) is 19.0 Å². The molecule has 4 heterocycles. The quantitative estimate of drug-likeness (QED) is 0.503. The van der Waals surface area contributed by atoms with Crippen LogP contribution in [0.15, 0.2) is 36.5 Å². The number of benzene rings is 1. The molecule has 0 saturated carbocycles. The van der Waals surface area contributed by atoms with Crippen LogP contribution in [0, 0.1) is 0 Å². The zero-order valence-corrected chi connectivity index (χ0v) is 20.2. The Kier molecular flexibility index (Phi) is 6.98. The predicted molar refractivity (Wildman–Crippen MR) is 132 cm³/mol. The maximum absolute atomic E-state index is 13.1. The van der Waals surface area contributed by atoms with Crippen molar-refractivity contribution in [2.45, 2.75) is 50.9 Å². The molecule has 2 aliphatic rings. The third-order valence-corrected chi connectivity index (χ3v) is 7.22. The van der Waals surface area contributed by atoms with E-state index in [1.165, 1.54) is 38.1 Å².